The van der Waals surface area contributed by atoms with Gasteiger partial charge in [-0.3, -0.25) is 25.2 Å². The minimum atomic E-state index is -3.78. The topological polar surface area (TPSA) is 140 Å². The zero-order chi connectivity index (χ0) is 23.6. The number of hydrogen-bond donors (Lipinski definition) is 2. The number of carbonyl (C=O) groups is 2. The normalized spacial score (nSPS) is 14.7. The molecular formula is C21H21N5O6S. The van der Waals surface area contributed by atoms with Gasteiger partial charge in [0.15, 0.2) is 5.69 Å². The molecule has 0 radical (unpaired) electrons. The molecule has 172 valence electrons. The van der Waals surface area contributed by atoms with Gasteiger partial charge in [0.05, 0.1) is 23.5 Å². The molecule has 1 aromatic heterocycles. The van der Waals surface area contributed by atoms with Crippen molar-refractivity contribution in [1.82, 2.24) is 24.9 Å². The van der Waals surface area contributed by atoms with Crippen LogP contribution in [0.25, 0.3) is 10.8 Å². The predicted molar refractivity (Wildman–Crippen MR) is 118 cm³/mol. The van der Waals surface area contributed by atoms with E-state index in [4.69, 9.17) is 4.74 Å². The number of nitrogens with zero attached hydrogens (tertiary/aromatic N) is 3. The third kappa shape index (κ3) is 4.49. The highest BCUT2D eigenvalue weighted by Gasteiger charge is 2.27. The largest absolute Gasteiger partial charge is 0.379 e. The zero-order valence-corrected chi connectivity index (χ0v) is 18.5. The van der Waals surface area contributed by atoms with Gasteiger partial charge in [-0.1, -0.05) is 24.3 Å². The van der Waals surface area contributed by atoms with Gasteiger partial charge in [0.2, 0.25) is 10.0 Å². The van der Waals surface area contributed by atoms with Crippen LogP contribution in [0.15, 0.2) is 58.2 Å². The average Bonchev–Trinajstić information content (AvgIpc) is 2.85. The number of hydrazine groups is 1. The van der Waals surface area contributed by atoms with E-state index in [9.17, 15) is 22.8 Å². The van der Waals surface area contributed by atoms with Crippen molar-refractivity contribution >= 4 is 32.6 Å². The summed E-state index contributed by atoms with van der Waals surface area (Å²) < 4.78 is 33.2. The number of hydrogen-bond acceptors (Lipinski definition) is 7. The molecule has 0 bridgehead atoms. The number of morpholine rings is 1. The second kappa shape index (κ2) is 9.10. The summed E-state index contributed by atoms with van der Waals surface area (Å²) in [5.41, 5.74) is 4.17. The van der Waals surface area contributed by atoms with Gasteiger partial charge in [-0.25, -0.2) is 13.1 Å². The van der Waals surface area contributed by atoms with E-state index in [1.165, 1.54) is 35.6 Å². The van der Waals surface area contributed by atoms with E-state index in [-0.39, 0.29) is 34.8 Å². The molecule has 1 fully saturated rings. The number of benzene rings is 2. The van der Waals surface area contributed by atoms with Crippen LogP contribution in [0.4, 0.5) is 0 Å². The highest BCUT2D eigenvalue weighted by molar-refractivity contribution is 7.89. The Morgan fingerprint density at radius 3 is 2.36 bits per heavy atom. The summed E-state index contributed by atoms with van der Waals surface area (Å²) in [6.45, 7) is 1.07. The Balaban J connectivity index is 1.52. The fraction of sp³-hybridized carbons (Fsp3) is 0.238. The lowest BCUT2D eigenvalue weighted by Gasteiger charge is -2.26. The standard InChI is InChI=1S/C21H21N5O6S/c1-25-21(29)17-8-3-2-7-16(17)18(24-25)20(28)23-22-19(27)14-5-4-6-15(13-14)33(30,31)26-9-11-32-12-10-26/h2-8,13H,9-12H2,1H3,(H,22,27)(H,23,28). The third-order valence-corrected chi connectivity index (χ3v) is 7.06. The maximum atomic E-state index is 12.8. The number of aromatic nitrogens is 2. The Morgan fingerprint density at radius 2 is 1.64 bits per heavy atom. The molecule has 0 saturated carbocycles. The first-order valence-electron chi connectivity index (χ1n) is 10.0. The van der Waals surface area contributed by atoms with Crippen molar-refractivity contribution in [3.8, 4) is 0 Å². The van der Waals surface area contributed by atoms with Crippen LogP contribution in [0.2, 0.25) is 0 Å². The lowest BCUT2D eigenvalue weighted by atomic mass is 10.1. The van der Waals surface area contributed by atoms with E-state index in [1.807, 2.05) is 0 Å². The minimum absolute atomic E-state index is 0.0332. The smallest absolute Gasteiger partial charge is 0.290 e. The van der Waals surface area contributed by atoms with Gasteiger partial charge in [0.1, 0.15) is 0 Å². The van der Waals surface area contributed by atoms with Crippen LogP contribution in [-0.4, -0.2) is 60.6 Å². The molecule has 1 saturated heterocycles. The molecule has 1 aliphatic rings. The van der Waals surface area contributed by atoms with Crippen LogP contribution >= 0.6 is 0 Å². The first kappa shape index (κ1) is 22.6. The summed E-state index contributed by atoms with van der Waals surface area (Å²) in [5, 5.41) is 4.65. The van der Waals surface area contributed by atoms with Gasteiger partial charge in [-0.15, -0.1) is 0 Å². The Hall–Kier alpha value is -3.61. The van der Waals surface area contributed by atoms with Gasteiger partial charge in [-0.2, -0.15) is 9.40 Å². The van der Waals surface area contributed by atoms with Crippen LogP contribution in [0.5, 0.6) is 0 Å². The first-order chi connectivity index (χ1) is 15.8. The van der Waals surface area contributed by atoms with Crippen molar-refractivity contribution in [2.45, 2.75) is 4.90 Å². The second-order valence-corrected chi connectivity index (χ2v) is 9.21. The van der Waals surface area contributed by atoms with Crippen LogP contribution < -0.4 is 16.4 Å². The van der Waals surface area contributed by atoms with Gasteiger partial charge >= 0.3 is 0 Å². The number of carbonyl (C=O) groups excluding carboxylic acids is 2. The molecule has 2 N–H and O–H groups in total. The lowest BCUT2D eigenvalue weighted by molar-refractivity contribution is 0.0730. The summed E-state index contributed by atoms with van der Waals surface area (Å²) in [4.78, 5) is 37.5. The third-order valence-electron chi connectivity index (χ3n) is 5.17. The lowest BCUT2D eigenvalue weighted by Crippen LogP contribution is -2.43. The van der Waals surface area contributed by atoms with Gasteiger partial charge in [0, 0.05) is 31.1 Å². The Kier molecular flexibility index (Phi) is 6.22. The van der Waals surface area contributed by atoms with Crippen LogP contribution in [0.3, 0.4) is 0 Å². The van der Waals surface area contributed by atoms with Crippen LogP contribution in [0, 0.1) is 0 Å². The van der Waals surface area contributed by atoms with E-state index < -0.39 is 21.8 Å². The quantitative estimate of drug-likeness (QED) is 0.512. The first-order valence-corrected chi connectivity index (χ1v) is 11.5. The molecule has 4 rings (SSSR count). The maximum absolute atomic E-state index is 12.8. The minimum Gasteiger partial charge on any atom is -0.379 e. The Bertz CT molecular complexity index is 1400. The van der Waals surface area contributed by atoms with Crippen molar-refractivity contribution in [3.05, 3.63) is 70.1 Å². The predicted octanol–water partition coefficient (Wildman–Crippen LogP) is 0.0292. The summed E-state index contributed by atoms with van der Waals surface area (Å²) in [7, 11) is -2.36. The summed E-state index contributed by atoms with van der Waals surface area (Å²) in [6.07, 6.45) is 0. The molecule has 3 aromatic rings. The molecule has 33 heavy (non-hydrogen) atoms. The molecule has 11 nitrogen and oxygen atoms in total. The molecule has 0 unspecified atom stereocenters. The Labute approximate surface area is 189 Å². The number of ether oxygens (including phenoxy) is 1. The summed E-state index contributed by atoms with van der Waals surface area (Å²) >= 11 is 0. The molecule has 0 aliphatic carbocycles. The van der Waals surface area contributed by atoms with E-state index in [1.54, 1.807) is 24.3 Å². The van der Waals surface area contributed by atoms with Crippen LogP contribution in [-0.2, 0) is 21.8 Å². The molecule has 0 atom stereocenters. The Morgan fingerprint density at radius 1 is 0.970 bits per heavy atom. The maximum Gasteiger partial charge on any atom is 0.290 e. The highest BCUT2D eigenvalue weighted by atomic mass is 32.2. The van der Waals surface area contributed by atoms with Crippen molar-refractivity contribution in [2.75, 3.05) is 26.3 Å². The molecule has 2 amide bonds. The van der Waals surface area contributed by atoms with Gasteiger partial charge in [-0.05, 0) is 24.3 Å². The number of aryl methyl sites for hydroxylation is 1. The average molecular weight is 471 g/mol. The second-order valence-electron chi connectivity index (χ2n) is 7.28. The number of amides is 2. The van der Waals surface area contributed by atoms with E-state index in [2.05, 4.69) is 16.0 Å². The van der Waals surface area contributed by atoms with Crippen molar-refractivity contribution in [1.29, 1.82) is 0 Å². The number of sulfonamides is 1. The van der Waals surface area contributed by atoms with E-state index in [0.29, 0.717) is 24.0 Å². The highest BCUT2D eigenvalue weighted by Crippen LogP contribution is 2.18. The molecule has 1 aliphatic heterocycles. The summed E-state index contributed by atoms with van der Waals surface area (Å²) in [5.74, 6) is -1.44. The fourth-order valence-corrected chi connectivity index (χ4v) is 4.90. The molecule has 12 heteroatoms. The molecule has 0 spiro atoms. The van der Waals surface area contributed by atoms with Crippen molar-refractivity contribution < 1.29 is 22.7 Å². The number of rotatable bonds is 4. The number of nitrogens with one attached hydrogen (secondary N) is 2. The van der Waals surface area contributed by atoms with E-state index in [0.717, 1.165) is 4.68 Å². The van der Waals surface area contributed by atoms with Crippen molar-refractivity contribution in [2.24, 2.45) is 7.05 Å². The molecule has 2 aromatic carbocycles. The fourth-order valence-electron chi connectivity index (χ4n) is 3.45. The van der Waals surface area contributed by atoms with Gasteiger partial charge < -0.3 is 4.74 Å². The summed E-state index contributed by atoms with van der Waals surface area (Å²) in [6, 6.07) is 12.0. The molecular weight excluding hydrogens is 450 g/mol. The zero-order valence-electron chi connectivity index (χ0n) is 17.6. The monoisotopic (exact) mass is 471 g/mol. The van der Waals surface area contributed by atoms with Crippen molar-refractivity contribution in [3.63, 3.8) is 0 Å². The van der Waals surface area contributed by atoms with Gasteiger partial charge in [0.25, 0.3) is 17.4 Å². The number of fused-ring (bicyclic) bond motifs is 1. The SMILES string of the molecule is Cn1nc(C(=O)NNC(=O)c2cccc(S(=O)(=O)N3CCOCC3)c2)c2ccccc2c1=O. The van der Waals surface area contributed by atoms with Crippen LogP contribution in [0.1, 0.15) is 20.8 Å². The van der Waals surface area contributed by atoms with E-state index >= 15 is 0 Å². The molecule has 2 heterocycles.